The molecule has 0 spiro atoms. The van der Waals surface area contributed by atoms with Crippen molar-refractivity contribution in [3.05, 3.63) is 34.9 Å². The number of hydrogen-bond acceptors (Lipinski definition) is 3. The van der Waals surface area contributed by atoms with Crippen LogP contribution in [0.1, 0.15) is 32.3 Å². The van der Waals surface area contributed by atoms with Crippen LogP contribution in [0.25, 0.3) is 0 Å². The van der Waals surface area contributed by atoms with Crippen molar-refractivity contribution in [3.8, 4) is 0 Å². The quantitative estimate of drug-likeness (QED) is 0.307. The third kappa shape index (κ3) is 9.40. The van der Waals surface area contributed by atoms with E-state index in [-0.39, 0.29) is 29.4 Å². The van der Waals surface area contributed by atoms with Gasteiger partial charge in [-0.1, -0.05) is 37.6 Å². The lowest BCUT2D eigenvalue weighted by molar-refractivity contribution is 0.274. The second-order valence-corrected chi connectivity index (χ2v) is 10.8. The Labute approximate surface area is 197 Å². The number of aliphatic imine (C=N–C) groups is 1. The van der Waals surface area contributed by atoms with Gasteiger partial charge in [0.2, 0.25) is 10.0 Å². The number of rotatable bonds is 7. The molecule has 166 valence electrons. The first-order valence-corrected chi connectivity index (χ1v) is 12.0. The molecule has 1 saturated heterocycles. The molecule has 6 nitrogen and oxygen atoms in total. The lowest BCUT2D eigenvalue weighted by atomic mass is 9.86. The van der Waals surface area contributed by atoms with Crippen LogP contribution in [0.5, 0.6) is 0 Å². The topological polar surface area (TPSA) is 73.8 Å². The van der Waals surface area contributed by atoms with E-state index >= 15 is 0 Å². The fourth-order valence-electron chi connectivity index (χ4n) is 3.49. The summed E-state index contributed by atoms with van der Waals surface area (Å²) in [5, 5.41) is 7.57. The molecule has 1 aromatic carbocycles. The molecule has 0 aromatic heterocycles. The van der Waals surface area contributed by atoms with E-state index in [4.69, 9.17) is 11.6 Å². The molecule has 0 unspecified atom stereocenters. The fourth-order valence-corrected chi connectivity index (χ4v) is 4.58. The van der Waals surface area contributed by atoms with Crippen molar-refractivity contribution in [1.82, 2.24) is 14.9 Å². The molecule has 0 atom stereocenters. The minimum Gasteiger partial charge on any atom is -0.356 e. The maximum absolute atomic E-state index is 11.6. The standard InChI is InChI=1S/C20H33ClN4O2S.HI/c1-20(2,13-17-6-5-7-18(21)12-17)15-24-19(22-3)23-14-16-8-10-25(11-9-16)28(4,26)27;/h5-7,12,16H,8-11,13-15H2,1-4H3,(H2,22,23,24);1H. The highest BCUT2D eigenvalue weighted by Crippen LogP contribution is 2.23. The van der Waals surface area contributed by atoms with Crippen LogP contribution in [0.3, 0.4) is 0 Å². The minimum atomic E-state index is -3.07. The highest BCUT2D eigenvalue weighted by atomic mass is 127. The lowest BCUT2D eigenvalue weighted by Crippen LogP contribution is -2.46. The van der Waals surface area contributed by atoms with Gasteiger partial charge in [-0.15, -0.1) is 24.0 Å². The maximum Gasteiger partial charge on any atom is 0.211 e. The molecule has 1 aliphatic rings. The van der Waals surface area contributed by atoms with Crippen LogP contribution in [0.4, 0.5) is 0 Å². The minimum absolute atomic E-state index is 0. The summed E-state index contributed by atoms with van der Waals surface area (Å²) in [6.07, 6.45) is 3.94. The Hall–Kier alpha value is -0.580. The number of sulfonamides is 1. The van der Waals surface area contributed by atoms with Crippen LogP contribution >= 0.6 is 35.6 Å². The maximum atomic E-state index is 11.6. The van der Waals surface area contributed by atoms with Crippen LogP contribution in [0.2, 0.25) is 5.02 Å². The van der Waals surface area contributed by atoms with E-state index < -0.39 is 10.0 Å². The van der Waals surface area contributed by atoms with E-state index in [1.54, 1.807) is 11.4 Å². The number of piperidine rings is 1. The Morgan fingerprint density at radius 3 is 2.48 bits per heavy atom. The van der Waals surface area contributed by atoms with Crippen LogP contribution in [-0.2, 0) is 16.4 Å². The van der Waals surface area contributed by atoms with E-state index in [9.17, 15) is 8.42 Å². The normalized spacial score (nSPS) is 16.9. The summed E-state index contributed by atoms with van der Waals surface area (Å²) in [5.41, 5.74) is 1.27. The zero-order valence-corrected chi connectivity index (χ0v) is 21.6. The second-order valence-electron chi connectivity index (χ2n) is 8.38. The summed E-state index contributed by atoms with van der Waals surface area (Å²) in [6.45, 7) is 7.22. The molecular formula is C20H34ClIN4O2S. The predicted octanol–water partition coefficient (Wildman–Crippen LogP) is 3.36. The van der Waals surface area contributed by atoms with Crippen molar-refractivity contribution in [3.63, 3.8) is 0 Å². The van der Waals surface area contributed by atoms with Gasteiger partial charge in [-0.2, -0.15) is 0 Å². The molecule has 0 bridgehead atoms. The van der Waals surface area contributed by atoms with Crippen molar-refractivity contribution in [1.29, 1.82) is 0 Å². The van der Waals surface area contributed by atoms with Gasteiger partial charge in [-0.05, 0) is 48.3 Å². The lowest BCUT2D eigenvalue weighted by Gasteiger charge is -2.31. The van der Waals surface area contributed by atoms with E-state index in [0.717, 1.165) is 43.3 Å². The molecule has 29 heavy (non-hydrogen) atoms. The zero-order chi connectivity index (χ0) is 20.8. The number of halogens is 2. The van der Waals surface area contributed by atoms with E-state index in [1.165, 1.54) is 11.8 Å². The summed E-state index contributed by atoms with van der Waals surface area (Å²) >= 11 is 6.09. The van der Waals surface area contributed by atoms with Crippen LogP contribution < -0.4 is 10.6 Å². The van der Waals surface area contributed by atoms with Crippen molar-refractivity contribution in [2.45, 2.75) is 33.1 Å². The molecule has 0 radical (unpaired) electrons. The summed E-state index contributed by atoms with van der Waals surface area (Å²) in [5.74, 6) is 1.24. The Bertz CT molecular complexity index is 778. The van der Waals surface area contributed by atoms with E-state index in [2.05, 4.69) is 35.5 Å². The number of benzene rings is 1. The Balaban J connectivity index is 0.00000420. The molecule has 9 heteroatoms. The van der Waals surface area contributed by atoms with Crippen LogP contribution in [-0.4, -0.2) is 58.2 Å². The molecule has 0 saturated carbocycles. The van der Waals surface area contributed by atoms with E-state index in [0.29, 0.717) is 19.0 Å². The molecule has 0 aliphatic carbocycles. The first-order chi connectivity index (χ1) is 13.1. The third-order valence-corrected chi connectivity index (χ3v) is 6.67. The smallest absolute Gasteiger partial charge is 0.211 e. The number of nitrogens with zero attached hydrogens (tertiary/aromatic N) is 2. The van der Waals surface area contributed by atoms with Gasteiger partial charge in [0.1, 0.15) is 0 Å². The van der Waals surface area contributed by atoms with Gasteiger partial charge in [-0.3, -0.25) is 4.99 Å². The highest BCUT2D eigenvalue weighted by molar-refractivity contribution is 14.0. The molecule has 1 heterocycles. The molecule has 1 aromatic rings. The zero-order valence-electron chi connectivity index (χ0n) is 17.7. The molecule has 1 aliphatic heterocycles. The molecule has 0 amide bonds. The summed E-state index contributed by atoms with van der Waals surface area (Å²) < 4.78 is 24.8. The molecule has 2 N–H and O–H groups in total. The predicted molar refractivity (Wildman–Crippen MR) is 133 cm³/mol. The molecule has 2 rings (SSSR count). The SMILES string of the molecule is CN=C(NCC1CCN(S(C)(=O)=O)CC1)NCC(C)(C)Cc1cccc(Cl)c1.I. The number of guanidine groups is 1. The third-order valence-electron chi connectivity index (χ3n) is 5.13. The van der Waals surface area contributed by atoms with Crippen LogP contribution in [0, 0.1) is 11.3 Å². The van der Waals surface area contributed by atoms with Gasteiger partial charge >= 0.3 is 0 Å². The Kier molecular flexibility index (Phi) is 10.7. The van der Waals surface area contributed by atoms with Gasteiger partial charge in [0.25, 0.3) is 0 Å². The average molecular weight is 557 g/mol. The first kappa shape index (κ1) is 26.5. The van der Waals surface area contributed by atoms with Gasteiger partial charge < -0.3 is 10.6 Å². The molecular weight excluding hydrogens is 523 g/mol. The monoisotopic (exact) mass is 556 g/mol. The number of hydrogen-bond donors (Lipinski definition) is 2. The van der Waals surface area contributed by atoms with Gasteiger partial charge in [0.05, 0.1) is 6.26 Å². The number of nitrogens with one attached hydrogen (secondary N) is 2. The summed E-state index contributed by atoms with van der Waals surface area (Å²) in [7, 11) is -1.30. The van der Waals surface area contributed by atoms with Crippen molar-refractivity contribution in [2.24, 2.45) is 16.3 Å². The average Bonchev–Trinajstić information content (AvgIpc) is 2.61. The largest absolute Gasteiger partial charge is 0.356 e. The van der Waals surface area contributed by atoms with Crippen molar-refractivity contribution in [2.75, 3.05) is 39.5 Å². The van der Waals surface area contributed by atoms with Gasteiger partial charge in [0, 0.05) is 38.2 Å². The molecule has 1 fully saturated rings. The van der Waals surface area contributed by atoms with E-state index in [1.807, 2.05) is 18.2 Å². The summed E-state index contributed by atoms with van der Waals surface area (Å²) in [4.78, 5) is 4.32. The Morgan fingerprint density at radius 1 is 1.28 bits per heavy atom. The Morgan fingerprint density at radius 2 is 1.93 bits per heavy atom. The summed E-state index contributed by atoms with van der Waals surface area (Å²) in [6, 6.07) is 7.99. The fraction of sp³-hybridized carbons (Fsp3) is 0.650. The highest BCUT2D eigenvalue weighted by Gasteiger charge is 2.25. The van der Waals surface area contributed by atoms with Crippen molar-refractivity contribution >= 4 is 51.6 Å². The van der Waals surface area contributed by atoms with Gasteiger partial charge in [-0.25, -0.2) is 12.7 Å². The van der Waals surface area contributed by atoms with Crippen LogP contribution in [0.15, 0.2) is 29.3 Å². The second kappa shape index (κ2) is 11.7. The first-order valence-electron chi connectivity index (χ1n) is 9.73. The van der Waals surface area contributed by atoms with Gasteiger partial charge in [0.15, 0.2) is 5.96 Å². The van der Waals surface area contributed by atoms with Crippen molar-refractivity contribution < 1.29 is 8.42 Å².